The summed E-state index contributed by atoms with van der Waals surface area (Å²) < 4.78 is 0. The Hall–Kier alpha value is -1.39. The molecule has 110 valence electrons. The summed E-state index contributed by atoms with van der Waals surface area (Å²) in [5, 5.41) is 6.28. The summed E-state index contributed by atoms with van der Waals surface area (Å²) >= 11 is 0. The van der Waals surface area contributed by atoms with Gasteiger partial charge in [-0.05, 0) is 50.9 Å². The second-order valence-corrected chi connectivity index (χ2v) is 5.06. The van der Waals surface area contributed by atoms with Crippen LogP contribution in [0.4, 0.5) is 0 Å². The van der Waals surface area contributed by atoms with Gasteiger partial charge in [-0.3, -0.25) is 9.59 Å². The average molecular weight is 297 g/mol. The van der Waals surface area contributed by atoms with Gasteiger partial charge in [0.25, 0.3) is 5.91 Å². The van der Waals surface area contributed by atoms with Crippen molar-refractivity contribution in [1.82, 2.24) is 10.6 Å². The van der Waals surface area contributed by atoms with Gasteiger partial charge >= 0.3 is 0 Å². The molecule has 2 rings (SSSR count). The summed E-state index contributed by atoms with van der Waals surface area (Å²) in [7, 11) is 0. The number of hydrogen-bond acceptors (Lipinski definition) is 3. The topological polar surface area (TPSA) is 58.2 Å². The zero-order valence-corrected chi connectivity index (χ0v) is 12.5. The number of hydrogen-bond donors (Lipinski definition) is 2. The van der Waals surface area contributed by atoms with Crippen molar-refractivity contribution in [3.05, 3.63) is 35.4 Å². The Kier molecular flexibility index (Phi) is 6.68. The molecule has 1 saturated heterocycles. The van der Waals surface area contributed by atoms with Crippen molar-refractivity contribution in [3.8, 4) is 0 Å². The van der Waals surface area contributed by atoms with E-state index in [1.165, 1.54) is 13.3 Å². The van der Waals surface area contributed by atoms with Crippen LogP contribution in [0.2, 0.25) is 0 Å². The van der Waals surface area contributed by atoms with Crippen LogP contribution < -0.4 is 10.6 Å². The molecule has 0 spiro atoms. The highest BCUT2D eigenvalue weighted by molar-refractivity contribution is 5.97. The summed E-state index contributed by atoms with van der Waals surface area (Å²) in [6.45, 7) is 4.28. The molecule has 0 radical (unpaired) electrons. The van der Waals surface area contributed by atoms with Gasteiger partial charge in [0.05, 0.1) is 0 Å². The highest BCUT2D eigenvalue weighted by Gasteiger charge is 2.14. The second-order valence-electron chi connectivity index (χ2n) is 5.06. The Morgan fingerprint density at radius 2 is 1.90 bits per heavy atom. The van der Waals surface area contributed by atoms with Crippen molar-refractivity contribution in [2.75, 3.05) is 19.6 Å². The zero-order chi connectivity index (χ0) is 13.7. The third-order valence-corrected chi connectivity index (χ3v) is 3.50. The predicted molar refractivity (Wildman–Crippen MR) is 81.6 cm³/mol. The number of carbonyl (C=O) groups excluding carboxylic acids is 2. The van der Waals surface area contributed by atoms with Gasteiger partial charge in [-0.15, -0.1) is 12.4 Å². The smallest absolute Gasteiger partial charge is 0.251 e. The molecule has 20 heavy (non-hydrogen) atoms. The zero-order valence-electron chi connectivity index (χ0n) is 11.6. The molecular weight excluding hydrogens is 276 g/mol. The first kappa shape index (κ1) is 16.7. The van der Waals surface area contributed by atoms with E-state index in [1.54, 1.807) is 24.3 Å². The quantitative estimate of drug-likeness (QED) is 0.836. The molecule has 1 unspecified atom stereocenters. The van der Waals surface area contributed by atoms with Gasteiger partial charge in [0, 0.05) is 17.7 Å². The third kappa shape index (κ3) is 4.62. The van der Waals surface area contributed by atoms with Crippen LogP contribution in [0, 0.1) is 5.92 Å². The highest BCUT2D eigenvalue weighted by atomic mass is 35.5. The maximum absolute atomic E-state index is 12.0. The normalized spacial score (nSPS) is 17.9. The molecular formula is C15H21ClN2O2. The molecule has 0 aromatic heterocycles. The SMILES string of the molecule is CC(=O)c1ccc(C(=O)NCC2CCCNC2)cc1.Cl. The number of nitrogens with one attached hydrogen (secondary N) is 2. The van der Waals surface area contributed by atoms with Gasteiger partial charge in [0.2, 0.25) is 0 Å². The van der Waals surface area contributed by atoms with E-state index in [-0.39, 0.29) is 24.1 Å². The van der Waals surface area contributed by atoms with Crippen LogP contribution >= 0.6 is 12.4 Å². The lowest BCUT2D eigenvalue weighted by atomic mass is 9.99. The maximum Gasteiger partial charge on any atom is 0.251 e. The molecule has 0 aliphatic carbocycles. The van der Waals surface area contributed by atoms with E-state index in [9.17, 15) is 9.59 Å². The molecule has 1 amide bonds. The van der Waals surface area contributed by atoms with E-state index in [4.69, 9.17) is 0 Å². The standard InChI is InChI=1S/C15H20N2O2.ClH/c1-11(18)13-4-6-14(7-5-13)15(19)17-10-12-3-2-8-16-9-12;/h4-7,12,16H,2-3,8-10H2,1H3,(H,17,19);1H. The molecule has 1 atom stereocenters. The fourth-order valence-electron chi connectivity index (χ4n) is 2.29. The van der Waals surface area contributed by atoms with Crippen molar-refractivity contribution in [2.24, 2.45) is 5.92 Å². The lowest BCUT2D eigenvalue weighted by Gasteiger charge is -2.22. The monoisotopic (exact) mass is 296 g/mol. The van der Waals surface area contributed by atoms with Gasteiger partial charge in [-0.1, -0.05) is 12.1 Å². The molecule has 2 N–H and O–H groups in total. The number of halogens is 1. The minimum atomic E-state index is -0.0688. The molecule has 1 heterocycles. The van der Waals surface area contributed by atoms with Crippen LogP contribution in [0.25, 0.3) is 0 Å². The van der Waals surface area contributed by atoms with Gasteiger partial charge in [0.1, 0.15) is 0 Å². The minimum Gasteiger partial charge on any atom is -0.352 e. The molecule has 1 fully saturated rings. The number of piperidine rings is 1. The molecule has 1 aliphatic heterocycles. The number of ketones is 1. The van der Waals surface area contributed by atoms with Crippen molar-refractivity contribution in [2.45, 2.75) is 19.8 Å². The molecule has 1 aromatic carbocycles. The third-order valence-electron chi connectivity index (χ3n) is 3.50. The lowest BCUT2D eigenvalue weighted by Crippen LogP contribution is -2.38. The van der Waals surface area contributed by atoms with E-state index in [2.05, 4.69) is 10.6 Å². The number of Topliss-reactive ketones (excluding diaryl/α,β-unsaturated/α-hetero) is 1. The minimum absolute atomic E-state index is 0. The van der Waals surface area contributed by atoms with Crippen molar-refractivity contribution < 1.29 is 9.59 Å². The average Bonchev–Trinajstić information content (AvgIpc) is 2.46. The Morgan fingerprint density at radius 3 is 2.45 bits per heavy atom. The van der Waals surface area contributed by atoms with Gasteiger partial charge in [0.15, 0.2) is 5.78 Å². The molecule has 1 aromatic rings. The molecule has 1 aliphatic rings. The van der Waals surface area contributed by atoms with Crippen LogP contribution in [0.1, 0.15) is 40.5 Å². The predicted octanol–water partition coefficient (Wildman–Crippen LogP) is 2.04. The number of rotatable bonds is 4. The fraction of sp³-hybridized carbons (Fsp3) is 0.467. The lowest BCUT2D eigenvalue weighted by molar-refractivity contribution is 0.0943. The van der Waals surface area contributed by atoms with E-state index < -0.39 is 0 Å². The van der Waals surface area contributed by atoms with E-state index >= 15 is 0 Å². The van der Waals surface area contributed by atoms with E-state index in [0.29, 0.717) is 23.6 Å². The summed E-state index contributed by atoms with van der Waals surface area (Å²) in [4.78, 5) is 23.1. The van der Waals surface area contributed by atoms with Crippen molar-refractivity contribution in [1.29, 1.82) is 0 Å². The van der Waals surface area contributed by atoms with Crippen molar-refractivity contribution in [3.63, 3.8) is 0 Å². The molecule has 0 bridgehead atoms. The first-order chi connectivity index (χ1) is 9.16. The van der Waals surface area contributed by atoms with Crippen LogP contribution in [0.15, 0.2) is 24.3 Å². The summed E-state index contributed by atoms with van der Waals surface area (Å²) in [5.74, 6) is 0.468. The first-order valence-corrected chi connectivity index (χ1v) is 6.77. The molecule has 0 saturated carbocycles. The van der Waals surface area contributed by atoms with Crippen LogP contribution in [0.5, 0.6) is 0 Å². The fourth-order valence-corrected chi connectivity index (χ4v) is 2.29. The summed E-state index contributed by atoms with van der Waals surface area (Å²) in [6, 6.07) is 6.79. The number of benzene rings is 1. The Labute approximate surface area is 125 Å². The Balaban J connectivity index is 0.00000200. The highest BCUT2D eigenvalue weighted by Crippen LogP contribution is 2.09. The van der Waals surface area contributed by atoms with E-state index in [0.717, 1.165) is 19.5 Å². The first-order valence-electron chi connectivity index (χ1n) is 6.77. The Bertz CT molecular complexity index is 453. The largest absolute Gasteiger partial charge is 0.352 e. The second kappa shape index (κ2) is 8.02. The van der Waals surface area contributed by atoms with Gasteiger partial charge < -0.3 is 10.6 Å². The van der Waals surface area contributed by atoms with Crippen molar-refractivity contribution >= 4 is 24.1 Å². The Morgan fingerprint density at radius 1 is 1.25 bits per heavy atom. The van der Waals surface area contributed by atoms with Gasteiger partial charge in [-0.25, -0.2) is 0 Å². The molecule has 4 nitrogen and oxygen atoms in total. The van der Waals surface area contributed by atoms with Crippen LogP contribution in [-0.2, 0) is 0 Å². The maximum atomic E-state index is 12.0. The number of amides is 1. The molecule has 5 heteroatoms. The van der Waals surface area contributed by atoms with E-state index in [1.807, 2.05) is 0 Å². The van der Waals surface area contributed by atoms with Crippen LogP contribution in [-0.4, -0.2) is 31.3 Å². The summed E-state index contributed by atoms with van der Waals surface area (Å²) in [6.07, 6.45) is 2.34. The number of carbonyl (C=O) groups is 2. The van der Waals surface area contributed by atoms with Crippen LogP contribution in [0.3, 0.4) is 0 Å². The van der Waals surface area contributed by atoms with Gasteiger partial charge in [-0.2, -0.15) is 0 Å². The summed E-state index contributed by atoms with van der Waals surface area (Å²) in [5.41, 5.74) is 1.24.